The number of carboxylic acid groups (broad SMARTS) is 1. The first-order valence-corrected chi connectivity index (χ1v) is 7.00. The molecule has 0 bridgehead atoms. The second-order valence-corrected chi connectivity index (χ2v) is 5.32. The molecule has 1 aliphatic rings. The molecule has 0 spiro atoms. The summed E-state index contributed by atoms with van der Waals surface area (Å²) in [6, 6.07) is 7.43. The van der Waals surface area contributed by atoms with Crippen molar-refractivity contribution >= 4 is 23.0 Å². The number of hydrogen-bond donors (Lipinski definition) is 1. The Kier molecular flexibility index (Phi) is 3.16. The minimum absolute atomic E-state index is 0.412. The third-order valence-corrected chi connectivity index (χ3v) is 4.06. The number of rotatable bonds is 3. The second kappa shape index (κ2) is 4.97. The normalized spacial score (nSPS) is 18.7. The largest absolute Gasteiger partial charge is 0.480 e. The Hall–Kier alpha value is -1.95. The Morgan fingerprint density at radius 1 is 1.47 bits per heavy atom. The molecule has 1 aromatic carbocycles. The maximum absolute atomic E-state index is 11.2. The number of aliphatic carboxylic acids is 1. The minimum atomic E-state index is -0.751. The number of nitrogens with zero attached hydrogens (tertiary/aromatic N) is 3. The molecular weight excluding hydrogens is 262 g/mol. The lowest BCUT2D eigenvalue weighted by Crippen LogP contribution is -2.35. The smallest absolute Gasteiger partial charge is 0.326 e. The monoisotopic (exact) mass is 275 g/mol. The van der Waals surface area contributed by atoms with Gasteiger partial charge in [-0.1, -0.05) is 23.5 Å². The Morgan fingerprint density at radius 3 is 3.11 bits per heavy atom. The predicted molar refractivity (Wildman–Crippen MR) is 73.3 cm³/mol. The van der Waals surface area contributed by atoms with E-state index in [-0.39, 0.29) is 0 Å². The van der Waals surface area contributed by atoms with E-state index >= 15 is 0 Å². The first-order chi connectivity index (χ1) is 9.25. The summed E-state index contributed by atoms with van der Waals surface area (Å²) >= 11 is 1.48. The molecule has 2 heterocycles. The number of hydrogen-bond acceptors (Lipinski definition) is 5. The zero-order valence-corrected chi connectivity index (χ0v) is 11.0. The van der Waals surface area contributed by atoms with Gasteiger partial charge < -0.3 is 10.0 Å². The van der Waals surface area contributed by atoms with E-state index in [0.29, 0.717) is 6.42 Å². The van der Waals surface area contributed by atoms with Gasteiger partial charge in [-0.15, -0.1) is 10.2 Å². The van der Waals surface area contributed by atoms with Gasteiger partial charge in [0.2, 0.25) is 0 Å². The summed E-state index contributed by atoms with van der Waals surface area (Å²) in [5.74, 6) is -0.751. The van der Waals surface area contributed by atoms with Crippen LogP contribution in [0, 0.1) is 0 Å². The number of benzene rings is 1. The summed E-state index contributed by atoms with van der Waals surface area (Å²) in [6.45, 7) is 0.788. The van der Waals surface area contributed by atoms with E-state index in [9.17, 15) is 9.90 Å². The predicted octanol–water partition coefficient (Wildman–Crippen LogP) is 2.26. The van der Waals surface area contributed by atoms with E-state index in [2.05, 4.69) is 10.2 Å². The molecule has 0 unspecified atom stereocenters. The third-order valence-electron chi connectivity index (χ3n) is 3.32. The van der Waals surface area contributed by atoms with Gasteiger partial charge in [-0.2, -0.15) is 0 Å². The zero-order valence-electron chi connectivity index (χ0n) is 10.2. The van der Waals surface area contributed by atoms with Crippen molar-refractivity contribution in [2.45, 2.75) is 18.9 Å². The highest BCUT2D eigenvalue weighted by molar-refractivity contribution is 7.12. The van der Waals surface area contributed by atoms with E-state index in [4.69, 9.17) is 0 Å². The van der Waals surface area contributed by atoms with E-state index in [1.165, 1.54) is 11.3 Å². The van der Waals surface area contributed by atoms with Crippen molar-refractivity contribution in [1.29, 1.82) is 0 Å². The average Bonchev–Trinajstić information content (AvgIpc) is 3.10. The van der Waals surface area contributed by atoms with Gasteiger partial charge in [0, 0.05) is 17.8 Å². The first kappa shape index (κ1) is 12.1. The average molecular weight is 275 g/mol. The maximum Gasteiger partial charge on any atom is 0.326 e. The summed E-state index contributed by atoms with van der Waals surface area (Å²) in [5, 5.41) is 18.0. The molecule has 0 radical (unpaired) electrons. The van der Waals surface area contributed by atoms with Crippen molar-refractivity contribution in [3.8, 4) is 10.6 Å². The SMILES string of the molecule is O=C(O)[C@@H]1CCCN1c1cccc(-c2nncs2)c1. The van der Waals surface area contributed by atoms with Crippen molar-refractivity contribution in [2.75, 3.05) is 11.4 Å². The van der Waals surface area contributed by atoms with E-state index in [1.54, 1.807) is 5.51 Å². The summed E-state index contributed by atoms with van der Waals surface area (Å²) < 4.78 is 0. The van der Waals surface area contributed by atoms with Gasteiger partial charge in [-0.25, -0.2) is 4.79 Å². The van der Waals surface area contributed by atoms with Crippen molar-refractivity contribution in [1.82, 2.24) is 10.2 Å². The van der Waals surface area contributed by atoms with Crippen LogP contribution in [-0.4, -0.2) is 33.9 Å². The third kappa shape index (κ3) is 2.31. The van der Waals surface area contributed by atoms with Crippen molar-refractivity contribution in [3.63, 3.8) is 0 Å². The summed E-state index contributed by atoms with van der Waals surface area (Å²) in [5.41, 5.74) is 3.62. The Balaban J connectivity index is 1.93. The molecular formula is C13H13N3O2S. The van der Waals surface area contributed by atoms with Crippen molar-refractivity contribution < 1.29 is 9.90 Å². The van der Waals surface area contributed by atoms with Crippen LogP contribution in [0.3, 0.4) is 0 Å². The highest BCUT2D eigenvalue weighted by Gasteiger charge is 2.30. The van der Waals surface area contributed by atoms with Crippen LogP contribution in [-0.2, 0) is 4.79 Å². The molecule has 1 N–H and O–H groups in total. The van der Waals surface area contributed by atoms with Crippen LogP contribution < -0.4 is 4.90 Å². The van der Waals surface area contributed by atoms with E-state index in [0.717, 1.165) is 29.2 Å². The summed E-state index contributed by atoms with van der Waals surface area (Å²) in [7, 11) is 0. The number of carboxylic acids is 1. The van der Waals surface area contributed by atoms with Gasteiger partial charge in [0.1, 0.15) is 16.6 Å². The molecule has 1 fully saturated rings. The molecule has 6 heteroatoms. The van der Waals surface area contributed by atoms with Crippen LogP contribution in [0.15, 0.2) is 29.8 Å². The van der Waals surface area contributed by atoms with Crippen molar-refractivity contribution in [2.24, 2.45) is 0 Å². The molecule has 0 saturated carbocycles. The maximum atomic E-state index is 11.2. The number of carbonyl (C=O) groups is 1. The molecule has 98 valence electrons. The van der Waals surface area contributed by atoms with Crippen LogP contribution in [0.1, 0.15) is 12.8 Å². The molecule has 19 heavy (non-hydrogen) atoms. The van der Waals surface area contributed by atoms with Crippen LogP contribution in [0.4, 0.5) is 5.69 Å². The summed E-state index contributed by atoms with van der Waals surface area (Å²) in [6.07, 6.45) is 1.62. The fourth-order valence-corrected chi connectivity index (χ4v) is 3.00. The highest BCUT2D eigenvalue weighted by atomic mass is 32.1. The van der Waals surface area contributed by atoms with Gasteiger partial charge in [0.15, 0.2) is 0 Å². The number of aromatic nitrogens is 2. The lowest BCUT2D eigenvalue weighted by molar-refractivity contribution is -0.138. The molecule has 3 rings (SSSR count). The fraction of sp³-hybridized carbons (Fsp3) is 0.308. The number of anilines is 1. The molecule has 2 aromatic rings. The van der Waals surface area contributed by atoms with E-state index < -0.39 is 12.0 Å². The van der Waals surface area contributed by atoms with Crippen LogP contribution in [0.5, 0.6) is 0 Å². The van der Waals surface area contributed by atoms with Crippen molar-refractivity contribution in [3.05, 3.63) is 29.8 Å². The van der Waals surface area contributed by atoms with Crippen LogP contribution in [0.25, 0.3) is 10.6 Å². The molecule has 1 aromatic heterocycles. The zero-order chi connectivity index (χ0) is 13.2. The Bertz CT molecular complexity index is 585. The highest BCUT2D eigenvalue weighted by Crippen LogP contribution is 2.30. The molecule has 1 atom stereocenters. The second-order valence-electron chi connectivity index (χ2n) is 4.48. The molecule has 1 saturated heterocycles. The van der Waals surface area contributed by atoms with Crippen LogP contribution >= 0.6 is 11.3 Å². The van der Waals surface area contributed by atoms with Crippen LogP contribution in [0.2, 0.25) is 0 Å². The quantitative estimate of drug-likeness (QED) is 0.930. The van der Waals surface area contributed by atoms with E-state index in [1.807, 2.05) is 29.2 Å². The topological polar surface area (TPSA) is 66.3 Å². The lowest BCUT2D eigenvalue weighted by atomic mass is 10.1. The standard InChI is InChI=1S/C13H13N3O2S/c17-13(18)11-5-2-6-16(11)10-4-1-3-9(7-10)12-15-14-8-19-12/h1,3-4,7-8,11H,2,5-6H2,(H,17,18)/t11-/m0/s1. The van der Waals surface area contributed by atoms with Gasteiger partial charge in [-0.05, 0) is 25.0 Å². The molecule has 0 aliphatic carbocycles. The fourth-order valence-electron chi connectivity index (χ4n) is 2.45. The summed E-state index contributed by atoms with van der Waals surface area (Å²) in [4.78, 5) is 13.2. The lowest BCUT2D eigenvalue weighted by Gasteiger charge is -2.23. The molecule has 1 aliphatic heterocycles. The van der Waals surface area contributed by atoms with Gasteiger partial charge in [-0.3, -0.25) is 0 Å². The van der Waals surface area contributed by atoms with Gasteiger partial charge in [0.25, 0.3) is 0 Å². The molecule has 5 nitrogen and oxygen atoms in total. The minimum Gasteiger partial charge on any atom is -0.480 e. The Labute approximate surface area is 114 Å². The van der Waals surface area contributed by atoms with Gasteiger partial charge >= 0.3 is 5.97 Å². The Morgan fingerprint density at radius 2 is 2.37 bits per heavy atom. The van der Waals surface area contributed by atoms with Gasteiger partial charge in [0.05, 0.1) is 0 Å². The first-order valence-electron chi connectivity index (χ1n) is 6.12. The molecule has 0 amide bonds.